The maximum absolute atomic E-state index is 10.9. The molecule has 0 saturated carbocycles. The lowest BCUT2D eigenvalue weighted by molar-refractivity contribution is -0.357. The molecule has 1 aliphatic heterocycles. The Morgan fingerprint density at radius 1 is 1.00 bits per heavy atom. The molecule has 2 aromatic carbocycles. The molecule has 1 saturated heterocycles. The fourth-order valence-electron chi connectivity index (χ4n) is 3.14. The zero-order valence-electron chi connectivity index (χ0n) is 13.9. The van der Waals surface area contributed by atoms with Crippen LogP contribution in [0.4, 0.5) is 0 Å². The Bertz CT molecular complexity index is 753. The molecule has 6 nitrogen and oxygen atoms in total. The third kappa shape index (κ3) is 3.50. The molecule has 7 heteroatoms. The van der Waals surface area contributed by atoms with Crippen molar-refractivity contribution in [1.82, 2.24) is 0 Å². The van der Waals surface area contributed by atoms with Crippen molar-refractivity contribution in [3.8, 4) is 0 Å². The molecule has 0 spiro atoms. The Kier molecular flexibility index (Phi) is 5.64. The highest BCUT2D eigenvalue weighted by Crippen LogP contribution is 2.37. The fraction of sp³-hybridized carbons (Fsp3) is 0.368. The van der Waals surface area contributed by atoms with Crippen LogP contribution in [0.1, 0.15) is 16.7 Å². The average Bonchev–Trinajstić information content (AvgIpc) is 2.65. The number of halogens is 1. The molecule has 5 N–H and O–H groups in total. The Labute approximate surface area is 155 Å². The van der Waals surface area contributed by atoms with Crippen molar-refractivity contribution in [1.29, 1.82) is 0 Å². The molecule has 0 aliphatic carbocycles. The van der Waals surface area contributed by atoms with E-state index >= 15 is 0 Å². The Balaban J connectivity index is 1.96. The van der Waals surface area contributed by atoms with Crippen molar-refractivity contribution in [3.63, 3.8) is 0 Å². The highest BCUT2D eigenvalue weighted by Gasteiger charge is 2.53. The molecule has 1 aliphatic rings. The quantitative estimate of drug-likeness (QED) is 0.530. The highest BCUT2D eigenvalue weighted by molar-refractivity contribution is 6.31. The van der Waals surface area contributed by atoms with Gasteiger partial charge in [0.15, 0.2) is 0 Å². The number of aliphatic hydroxyl groups is 5. The van der Waals surface area contributed by atoms with Gasteiger partial charge in [-0.3, -0.25) is 0 Å². The Morgan fingerprint density at radius 2 is 1.69 bits per heavy atom. The van der Waals surface area contributed by atoms with E-state index in [1.165, 1.54) is 6.07 Å². The van der Waals surface area contributed by atoms with Crippen LogP contribution in [0.2, 0.25) is 5.02 Å². The number of hydrogen-bond acceptors (Lipinski definition) is 6. The number of hydrogen-bond donors (Lipinski definition) is 5. The third-order valence-electron chi connectivity index (χ3n) is 4.66. The van der Waals surface area contributed by atoms with Gasteiger partial charge in [0.05, 0.1) is 6.61 Å². The molecule has 5 atom stereocenters. The first-order valence-corrected chi connectivity index (χ1v) is 8.62. The average molecular weight is 381 g/mol. The monoisotopic (exact) mass is 380 g/mol. The molecule has 1 heterocycles. The summed E-state index contributed by atoms with van der Waals surface area (Å²) >= 11 is 6.26. The molecule has 0 radical (unpaired) electrons. The molecule has 2 aromatic rings. The van der Waals surface area contributed by atoms with Crippen molar-refractivity contribution >= 4 is 11.6 Å². The first kappa shape index (κ1) is 19.3. The van der Waals surface area contributed by atoms with E-state index in [0.717, 1.165) is 5.56 Å². The van der Waals surface area contributed by atoms with E-state index in [9.17, 15) is 25.5 Å². The van der Waals surface area contributed by atoms with Gasteiger partial charge in [0.25, 0.3) is 0 Å². The Morgan fingerprint density at radius 3 is 2.35 bits per heavy atom. The maximum atomic E-state index is 10.9. The van der Waals surface area contributed by atoms with Crippen LogP contribution < -0.4 is 0 Å². The zero-order chi connectivity index (χ0) is 18.9. The molecule has 0 bridgehead atoms. The second-order valence-corrected chi connectivity index (χ2v) is 6.84. The van der Waals surface area contributed by atoms with E-state index in [2.05, 4.69) is 0 Å². The number of ether oxygens (including phenoxy) is 1. The molecule has 26 heavy (non-hydrogen) atoms. The van der Waals surface area contributed by atoms with Crippen molar-refractivity contribution in [2.45, 2.75) is 36.6 Å². The summed E-state index contributed by atoms with van der Waals surface area (Å²) in [5.41, 5.74) is 1.87. The molecule has 140 valence electrons. The number of benzene rings is 2. The normalized spacial score (nSPS) is 31.8. The van der Waals surface area contributed by atoms with Crippen LogP contribution in [0.25, 0.3) is 0 Å². The van der Waals surface area contributed by atoms with Crippen LogP contribution >= 0.6 is 11.6 Å². The minimum Gasteiger partial charge on any atom is -0.394 e. The lowest BCUT2D eigenvalue weighted by Crippen LogP contribution is -2.63. The van der Waals surface area contributed by atoms with Gasteiger partial charge in [-0.1, -0.05) is 48.0 Å². The van der Waals surface area contributed by atoms with Crippen LogP contribution in [0.5, 0.6) is 0 Å². The molecule has 0 unspecified atom stereocenters. The molecular formula is C19H21ClO6. The summed E-state index contributed by atoms with van der Waals surface area (Å²) in [6.45, 7) is -0.627. The summed E-state index contributed by atoms with van der Waals surface area (Å²) in [5, 5.41) is 50.9. The first-order valence-electron chi connectivity index (χ1n) is 8.25. The van der Waals surface area contributed by atoms with Crippen molar-refractivity contribution in [2.24, 2.45) is 0 Å². The van der Waals surface area contributed by atoms with Gasteiger partial charge < -0.3 is 30.3 Å². The molecule has 0 amide bonds. The minimum atomic E-state index is -2.29. The van der Waals surface area contributed by atoms with E-state index in [1.807, 2.05) is 30.3 Å². The van der Waals surface area contributed by atoms with Crippen molar-refractivity contribution in [3.05, 3.63) is 70.2 Å². The van der Waals surface area contributed by atoms with E-state index in [1.54, 1.807) is 12.1 Å². The fourth-order valence-corrected chi connectivity index (χ4v) is 3.33. The number of rotatable bonds is 4. The number of aliphatic hydroxyl groups excluding tert-OH is 4. The lowest BCUT2D eigenvalue weighted by Gasteiger charge is -2.45. The summed E-state index contributed by atoms with van der Waals surface area (Å²) in [7, 11) is 0. The SMILES string of the molecule is OC[C@H]1O[C@](O)(c2ccc(Cl)c(Cc3ccccc3)c2)[C@H](O)[C@@H](O)[C@@H]1O. The molecule has 0 aromatic heterocycles. The van der Waals surface area contributed by atoms with Crippen LogP contribution in [0.15, 0.2) is 48.5 Å². The highest BCUT2D eigenvalue weighted by atomic mass is 35.5. The van der Waals surface area contributed by atoms with Gasteiger partial charge in [0.1, 0.15) is 24.4 Å². The van der Waals surface area contributed by atoms with E-state index in [0.29, 0.717) is 17.0 Å². The second kappa shape index (κ2) is 7.62. The summed E-state index contributed by atoms with van der Waals surface area (Å²) in [5.74, 6) is -2.29. The van der Waals surface area contributed by atoms with E-state index in [-0.39, 0.29) is 5.56 Å². The standard InChI is InChI=1S/C19H21ClO6/c20-14-7-6-13(9-12(14)8-11-4-2-1-3-5-11)19(25)18(24)17(23)16(22)15(10-21)26-19/h1-7,9,15-18,21-25H,8,10H2/t15-,16-,17+,18-,19-/m1/s1. The molecular weight excluding hydrogens is 360 g/mol. The lowest BCUT2D eigenvalue weighted by atomic mass is 9.87. The van der Waals surface area contributed by atoms with Crippen molar-refractivity contribution in [2.75, 3.05) is 6.61 Å². The van der Waals surface area contributed by atoms with E-state index in [4.69, 9.17) is 16.3 Å². The summed E-state index contributed by atoms with van der Waals surface area (Å²) < 4.78 is 5.35. The van der Waals surface area contributed by atoms with Crippen LogP contribution in [-0.2, 0) is 16.9 Å². The maximum Gasteiger partial charge on any atom is 0.222 e. The van der Waals surface area contributed by atoms with Gasteiger partial charge in [0.2, 0.25) is 5.79 Å². The molecule has 3 rings (SSSR count). The van der Waals surface area contributed by atoms with Gasteiger partial charge in [-0.15, -0.1) is 0 Å². The first-order chi connectivity index (χ1) is 12.4. The van der Waals surface area contributed by atoms with E-state index < -0.39 is 36.8 Å². The zero-order valence-corrected chi connectivity index (χ0v) is 14.6. The summed E-state index contributed by atoms with van der Waals surface area (Å²) in [6, 6.07) is 14.2. The minimum absolute atomic E-state index is 0.171. The smallest absolute Gasteiger partial charge is 0.222 e. The van der Waals surface area contributed by atoms with Gasteiger partial charge in [-0.2, -0.15) is 0 Å². The van der Waals surface area contributed by atoms with Gasteiger partial charge in [-0.25, -0.2) is 0 Å². The van der Waals surface area contributed by atoms with Gasteiger partial charge in [-0.05, 0) is 29.7 Å². The topological polar surface area (TPSA) is 110 Å². The van der Waals surface area contributed by atoms with Gasteiger partial charge >= 0.3 is 0 Å². The Hall–Kier alpha value is -1.51. The largest absolute Gasteiger partial charge is 0.394 e. The second-order valence-electron chi connectivity index (χ2n) is 6.43. The van der Waals surface area contributed by atoms with Crippen molar-refractivity contribution < 1.29 is 30.3 Å². The summed E-state index contributed by atoms with van der Waals surface area (Å²) in [4.78, 5) is 0. The predicted molar refractivity (Wildman–Crippen MR) is 94.6 cm³/mol. The van der Waals surface area contributed by atoms with Gasteiger partial charge in [0, 0.05) is 10.6 Å². The molecule has 1 fully saturated rings. The van der Waals surface area contributed by atoms with Crippen LogP contribution in [-0.4, -0.2) is 56.6 Å². The third-order valence-corrected chi connectivity index (χ3v) is 5.03. The predicted octanol–water partition coefficient (Wildman–Crippen LogP) is 0.550. The summed E-state index contributed by atoms with van der Waals surface area (Å²) in [6.07, 6.45) is -5.75. The van der Waals surface area contributed by atoms with Crippen LogP contribution in [0.3, 0.4) is 0 Å². The van der Waals surface area contributed by atoms with Crippen LogP contribution in [0, 0.1) is 0 Å².